The van der Waals surface area contributed by atoms with Crippen molar-refractivity contribution in [1.82, 2.24) is 9.38 Å². The van der Waals surface area contributed by atoms with Gasteiger partial charge < -0.3 is 4.74 Å². The highest BCUT2D eigenvalue weighted by molar-refractivity contribution is 7.15. The Kier molecular flexibility index (Phi) is 3.23. The van der Waals surface area contributed by atoms with Crippen molar-refractivity contribution in [2.45, 2.75) is 6.42 Å². The molecule has 0 aliphatic rings. The summed E-state index contributed by atoms with van der Waals surface area (Å²) < 4.78 is 19.4. The van der Waals surface area contributed by atoms with Gasteiger partial charge in [-0.25, -0.2) is 9.37 Å². The summed E-state index contributed by atoms with van der Waals surface area (Å²) in [6.45, 7) is 0. The molecule has 0 spiro atoms. The third-order valence-electron chi connectivity index (χ3n) is 2.98. The second-order valence-electron chi connectivity index (χ2n) is 4.27. The fourth-order valence-electron chi connectivity index (χ4n) is 1.94. The van der Waals surface area contributed by atoms with Crippen LogP contribution in [0.4, 0.5) is 4.39 Å². The van der Waals surface area contributed by atoms with Gasteiger partial charge in [0.1, 0.15) is 5.82 Å². The van der Waals surface area contributed by atoms with Crippen molar-refractivity contribution in [3.63, 3.8) is 0 Å². The number of methoxy groups -OCH3 is 1. The molecule has 0 N–H and O–H groups in total. The van der Waals surface area contributed by atoms with E-state index in [2.05, 4.69) is 9.72 Å². The van der Waals surface area contributed by atoms with Crippen LogP contribution >= 0.6 is 11.3 Å². The van der Waals surface area contributed by atoms with E-state index in [4.69, 9.17) is 0 Å². The zero-order valence-electron chi connectivity index (χ0n) is 10.7. The number of fused-ring (bicyclic) bond motifs is 1. The Morgan fingerprint density at radius 2 is 2.15 bits per heavy atom. The van der Waals surface area contributed by atoms with Crippen LogP contribution in [0.2, 0.25) is 0 Å². The predicted molar refractivity (Wildman–Crippen MR) is 74.2 cm³/mol. The molecule has 3 aromatic rings. The lowest BCUT2D eigenvalue weighted by Gasteiger charge is -1.98. The molecule has 0 aliphatic carbocycles. The maximum Gasteiger partial charge on any atom is 0.311 e. The summed E-state index contributed by atoms with van der Waals surface area (Å²) in [7, 11) is 1.36. The first kappa shape index (κ1) is 12.8. The molecule has 3 rings (SSSR count). The lowest BCUT2D eigenvalue weighted by atomic mass is 10.2. The number of carbonyl (C=O) groups is 1. The van der Waals surface area contributed by atoms with Gasteiger partial charge in [0.15, 0.2) is 4.96 Å². The van der Waals surface area contributed by atoms with Crippen LogP contribution in [-0.2, 0) is 16.0 Å². The maximum absolute atomic E-state index is 12.9. The highest BCUT2D eigenvalue weighted by atomic mass is 32.1. The Hall–Kier alpha value is -2.21. The van der Waals surface area contributed by atoms with E-state index in [9.17, 15) is 9.18 Å². The topological polar surface area (TPSA) is 43.6 Å². The summed E-state index contributed by atoms with van der Waals surface area (Å²) in [4.78, 5) is 16.6. The zero-order chi connectivity index (χ0) is 14.1. The van der Waals surface area contributed by atoms with Crippen LogP contribution < -0.4 is 0 Å². The number of hydrogen-bond acceptors (Lipinski definition) is 4. The van der Waals surface area contributed by atoms with E-state index in [1.165, 1.54) is 30.6 Å². The van der Waals surface area contributed by atoms with Gasteiger partial charge in [0, 0.05) is 22.8 Å². The van der Waals surface area contributed by atoms with Crippen molar-refractivity contribution in [3.05, 3.63) is 47.4 Å². The molecule has 2 aromatic heterocycles. The van der Waals surface area contributed by atoms with Crippen LogP contribution in [0.5, 0.6) is 0 Å². The number of rotatable bonds is 3. The normalized spacial score (nSPS) is 10.9. The number of thiazole rings is 1. The van der Waals surface area contributed by atoms with E-state index in [1.54, 1.807) is 12.1 Å². The number of aromatic nitrogens is 2. The van der Waals surface area contributed by atoms with Crippen LogP contribution in [0, 0.1) is 5.82 Å². The van der Waals surface area contributed by atoms with E-state index in [1.807, 2.05) is 16.0 Å². The van der Waals surface area contributed by atoms with E-state index >= 15 is 0 Å². The van der Waals surface area contributed by atoms with E-state index in [-0.39, 0.29) is 18.2 Å². The molecule has 0 aliphatic heterocycles. The monoisotopic (exact) mass is 290 g/mol. The maximum atomic E-state index is 12.9. The van der Waals surface area contributed by atoms with Gasteiger partial charge in [-0.3, -0.25) is 9.20 Å². The van der Waals surface area contributed by atoms with Crippen LogP contribution in [0.15, 0.2) is 35.8 Å². The number of nitrogens with zero attached hydrogens (tertiary/aromatic N) is 2. The highest BCUT2D eigenvalue weighted by Crippen LogP contribution is 2.24. The molecule has 0 amide bonds. The Morgan fingerprint density at radius 1 is 1.40 bits per heavy atom. The van der Waals surface area contributed by atoms with Crippen LogP contribution in [0.25, 0.3) is 16.2 Å². The summed E-state index contributed by atoms with van der Waals surface area (Å²) in [6, 6.07) is 6.17. The Labute approximate surface area is 118 Å². The summed E-state index contributed by atoms with van der Waals surface area (Å²) in [5, 5.41) is 1.88. The number of halogens is 1. The highest BCUT2D eigenvalue weighted by Gasteiger charge is 2.12. The van der Waals surface area contributed by atoms with Crippen molar-refractivity contribution in [2.75, 3.05) is 7.11 Å². The second-order valence-corrected chi connectivity index (χ2v) is 5.10. The van der Waals surface area contributed by atoms with Gasteiger partial charge in [0.05, 0.1) is 19.2 Å². The van der Waals surface area contributed by atoms with E-state index in [0.29, 0.717) is 0 Å². The first-order valence-electron chi connectivity index (χ1n) is 5.95. The lowest BCUT2D eigenvalue weighted by molar-refractivity contribution is -0.139. The number of benzene rings is 1. The summed E-state index contributed by atoms with van der Waals surface area (Å²) in [5.41, 5.74) is 2.42. The molecule has 102 valence electrons. The Balaban J connectivity index is 1.98. The predicted octanol–water partition coefficient (Wildman–Crippen LogP) is 2.92. The standard InChI is InChI=1S/C14H11FN2O2S/c1-19-13(18)6-11-8-20-14-16-12(7-17(11)14)9-2-4-10(15)5-3-9/h2-5,7-8H,6H2,1H3. The molecule has 0 bridgehead atoms. The van der Waals surface area contributed by atoms with Crippen molar-refractivity contribution in [3.8, 4) is 11.3 Å². The minimum atomic E-state index is -0.290. The number of imidazole rings is 1. The zero-order valence-corrected chi connectivity index (χ0v) is 11.5. The second kappa shape index (κ2) is 5.05. The molecule has 0 fully saturated rings. The number of esters is 1. The van der Waals surface area contributed by atoms with Crippen molar-refractivity contribution in [1.29, 1.82) is 0 Å². The van der Waals surface area contributed by atoms with Gasteiger partial charge in [-0.15, -0.1) is 11.3 Å². The quantitative estimate of drug-likeness (QED) is 0.697. The van der Waals surface area contributed by atoms with Crippen LogP contribution in [0.3, 0.4) is 0 Å². The SMILES string of the molecule is COC(=O)Cc1csc2nc(-c3ccc(F)cc3)cn12. The molecule has 1 aromatic carbocycles. The minimum absolute atomic E-state index is 0.204. The summed E-state index contributed by atoms with van der Waals surface area (Å²) in [6.07, 6.45) is 2.05. The fourth-order valence-corrected chi connectivity index (χ4v) is 2.81. The number of carbonyl (C=O) groups excluding carboxylic acids is 1. The first-order chi connectivity index (χ1) is 9.67. The Bertz CT molecular complexity index is 761. The average molecular weight is 290 g/mol. The smallest absolute Gasteiger partial charge is 0.311 e. The first-order valence-corrected chi connectivity index (χ1v) is 6.83. The van der Waals surface area contributed by atoms with Crippen molar-refractivity contribution < 1.29 is 13.9 Å². The molecule has 0 saturated heterocycles. The average Bonchev–Trinajstić information content (AvgIpc) is 3.01. The van der Waals surface area contributed by atoms with Crippen molar-refractivity contribution in [2.24, 2.45) is 0 Å². The van der Waals surface area contributed by atoms with Crippen LogP contribution in [-0.4, -0.2) is 22.5 Å². The summed E-state index contributed by atoms with van der Waals surface area (Å²) >= 11 is 1.46. The molecular weight excluding hydrogens is 279 g/mol. The lowest BCUT2D eigenvalue weighted by Crippen LogP contribution is -2.05. The number of ether oxygens (including phenoxy) is 1. The fraction of sp³-hybridized carbons (Fsp3) is 0.143. The van der Waals surface area contributed by atoms with Gasteiger partial charge in [-0.2, -0.15) is 0 Å². The molecule has 0 atom stereocenters. The molecule has 6 heteroatoms. The van der Waals surface area contributed by atoms with E-state index < -0.39 is 0 Å². The molecule has 4 nitrogen and oxygen atoms in total. The molecule has 0 saturated carbocycles. The molecule has 2 heterocycles. The molecule has 0 radical (unpaired) electrons. The van der Waals surface area contributed by atoms with Crippen LogP contribution in [0.1, 0.15) is 5.69 Å². The third-order valence-corrected chi connectivity index (χ3v) is 3.87. The largest absolute Gasteiger partial charge is 0.469 e. The minimum Gasteiger partial charge on any atom is -0.469 e. The molecule has 0 unspecified atom stereocenters. The van der Waals surface area contributed by atoms with Gasteiger partial charge >= 0.3 is 5.97 Å². The summed E-state index contributed by atoms with van der Waals surface area (Å²) in [5.74, 6) is -0.567. The number of hydrogen-bond donors (Lipinski definition) is 0. The molecule has 20 heavy (non-hydrogen) atoms. The van der Waals surface area contributed by atoms with Gasteiger partial charge in [0.2, 0.25) is 0 Å². The molecular formula is C14H11FN2O2S. The van der Waals surface area contributed by atoms with Gasteiger partial charge in [-0.05, 0) is 24.3 Å². The van der Waals surface area contributed by atoms with Gasteiger partial charge in [-0.1, -0.05) is 0 Å². The Morgan fingerprint density at radius 3 is 2.85 bits per heavy atom. The van der Waals surface area contributed by atoms with Crippen molar-refractivity contribution >= 4 is 22.3 Å². The van der Waals surface area contributed by atoms with E-state index in [0.717, 1.165) is 21.9 Å². The third kappa shape index (κ3) is 2.30. The van der Waals surface area contributed by atoms with Gasteiger partial charge in [0.25, 0.3) is 0 Å².